The van der Waals surface area contributed by atoms with E-state index in [2.05, 4.69) is 10.3 Å². The molecule has 0 aliphatic carbocycles. The lowest BCUT2D eigenvalue weighted by Crippen LogP contribution is -2.37. The maximum absolute atomic E-state index is 13.4. The van der Waals surface area contributed by atoms with Crippen LogP contribution in [0.2, 0.25) is 5.02 Å². The van der Waals surface area contributed by atoms with Gasteiger partial charge in [0, 0.05) is 35.7 Å². The van der Waals surface area contributed by atoms with Gasteiger partial charge in [-0.1, -0.05) is 23.7 Å². The summed E-state index contributed by atoms with van der Waals surface area (Å²) < 4.78 is 5.23. The standard InChI is InChI=1S/C24H21ClN4O4/c1-33-20-6-2-5-19(12-20)29-23(31)21(13-22(30)27-18-9-7-17(25)8-10-18)28(24(29)32)15-16-4-3-11-26-14-16/h2-12,14,21H,13,15H2,1H3,(H,27,30)/t21-/m0/s1. The lowest BCUT2D eigenvalue weighted by atomic mass is 10.1. The summed E-state index contributed by atoms with van der Waals surface area (Å²) in [6, 6.07) is 15.4. The molecule has 1 N–H and O–H groups in total. The molecule has 168 valence electrons. The number of carbonyl (C=O) groups is 3. The summed E-state index contributed by atoms with van der Waals surface area (Å²) in [5.74, 6) is -0.369. The average Bonchev–Trinajstić information content (AvgIpc) is 3.05. The second-order valence-corrected chi connectivity index (χ2v) is 7.86. The highest BCUT2D eigenvalue weighted by Gasteiger charge is 2.46. The van der Waals surface area contributed by atoms with E-state index in [1.165, 1.54) is 12.0 Å². The van der Waals surface area contributed by atoms with Crippen LogP contribution in [0.25, 0.3) is 0 Å². The first kappa shape index (κ1) is 22.3. The molecule has 0 bridgehead atoms. The van der Waals surface area contributed by atoms with Crippen molar-refractivity contribution in [2.24, 2.45) is 0 Å². The monoisotopic (exact) mass is 464 g/mol. The van der Waals surface area contributed by atoms with E-state index >= 15 is 0 Å². The van der Waals surface area contributed by atoms with Crippen LogP contribution in [0, 0.1) is 0 Å². The molecule has 0 spiro atoms. The second kappa shape index (κ2) is 9.70. The molecule has 2 heterocycles. The van der Waals surface area contributed by atoms with Gasteiger partial charge in [0.25, 0.3) is 5.91 Å². The molecule has 0 saturated carbocycles. The Balaban J connectivity index is 1.60. The van der Waals surface area contributed by atoms with Gasteiger partial charge in [0.15, 0.2) is 0 Å². The van der Waals surface area contributed by atoms with Crippen LogP contribution in [0.3, 0.4) is 0 Å². The maximum Gasteiger partial charge on any atom is 0.332 e. The van der Waals surface area contributed by atoms with Crippen molar-refractivity contribution < 1.29 is 19.1 Å². The van der Waals surface area contributed by atoms with E-state index in [0.29, 0.717) is 22.1 Å². The average molecular weight is 465 g/mol. The SMILES string of the molecule is COc1cccc(N2C(=O)[C@H](CC(=O)Nc3ccc(Cl)cc3)N(Cc3cccnc3)C2=O)c1. The largest absolute Gasteiger partial charge is 0.497 e. The topological polar surface area (TPSA) is 91.8 Å². The molecule has 2 aromatic carbocycles. The van der Waals surface area contributed by atoms with Crippen molar-refractivity contribution >= 4 is 40.8 Å². The summed E-state index contributed by atoms with van der Waals surface area (Å²) in [5, 5.41) is 3.29. The number of hydrogen-bond acceptors (Lipinski definition) is 5. The lowest BCUT2D eigenvalue weighted by Gasteiger charge is -2.21. The van der Waals surface area contributed by atoms with Gasteiger partial charge in [0.05, 0.1) is 19.2 Å². The number of halogens is 1. The Morgan fingerprint density at radius 3 is 2.61 bits per heavy atom. The second-order valence-electron chi connectivity index (χ2n) is 7.42. The van der Waals surface area contributed by atoms with Gasteiger partial charge in [0.1, 0.15) is 11.8 Å². The third kappa shape index (κ3) is 4.96. The number of benzene rings is 2. The number of pyridine rings is 1. The zero-order valence-electron chi connectivity index (χ0n) is 17.8. The number of ether oxygens (including phenoxy) is 1. The van der Waals surface area contributed by atoms with Crippen molar-refractivity contribution in [1.29, 1.82) is 0 Å². The van der Waals surface area contributed by atoms with Crippen molar-refractivity contribution in [3.8, 4) is 5.75 Å². The number of amides is 4. The number of hydrogen-bond donors (Lipinski definition) is 1. The number of rotatable bonds is 7. The summed E-state index contributed by atoms with van der Waals surface area (Å²) in [7, 11) is 1.51. The first-order chi connectivity index (χ1) is 16.0. The van der Waals surface area contributed by atoms with E-state index in [9.17, 15) is 14.4 Å². The molecular formula is C24H21ClN4O4. The number of imide groups is 1. The third-order valence-corrected chi connectivity index (χ3v) is 5.46. The number of nitrogens with one attached hydrogen (secondary N) is 1. The van der Waals surface area contributed by atoms with Crippen molar-refractivity contribution in [2.75, 3.05) is 17.3 Å². The molecule has 1 aliphatic rings. The first-order valence-electron chi connectivity index (χ1n) is 10.2. The summed E-state index contributed by atoms with van der Waals surface area (Å²) in [5.41, 5.74) is 1.67. The Labute approximate surface area is 195 Å². The minimum absolute atomic E-state index is 0.137. The summed E-state index contributed by atoms with van der Waals surface area (Å²) >= 11 is 5.89. The Morgan fingerprint density at radius 1 is 1.12 bits per heavy atom. The molecule has 3 aromatic rings. The Morgan fingerprint density at radius 2 is 1.91 bits per heavy atom. The molecule has 4 rings (SSSR count). The maximum atomic E-state index is 13.4. The van der Waals surface area contributed by atoms with Crippen LogP contribution >= 0.6 is 11.6 Å². The van der Waals surface area contributed by atoms with Crippen LogP contribution in [0.15, 0.2) is 73.1 Å². The minimum atomic E-state index is -0.976. The number of aromatic nitrogens is 1. The molecule has 1 aliphatic heterocycles. The van der Waals surface area contributed by atoms with Gasteiger partial charge in [-0.05, 0) is 48.0 Å². The third-order valence-electron chi connectivity index (χ3n) is 5.21. The van der Waals surface area contributed by atoms with Gasteiger partial charge in [-0.15, -0.1) is 0 Å². The van der Waals surface area contributed by atoms with Crippen LogP contribution in [0.4, 0.5) is 16.2 Å². The van der Waals surface area contributed by atoms with Crippen molar-refractivity contribution in [3.63, 3.8) is 0 Å². The molecule has 1 fully saturated rings. The fourth-order valence-corrected chi connectivity index (χ4v) is 3.74. The molecule has 0 radical (unpaired) electrons. The van der Waals surface area contributed by atoms with Gasteiger partial charge < -0.3 is 15.0 Å². The molecule has 0 unspecified atom stereocenters. The summed E-state index contributed by atoms with van der Waals surface area (Å²) in [6.45, 7) is 0.137. The van der Waals surface area contributed by atoms with Crippen molar-refractivity contribution in [1.82, 2.24) is 9.88 Å². The zero-order valence-corrected chi connectivity index (χ0v) is 18.5. The Hall–Kier alpha value is -3.91. The fourth-order valence-electron chi connectivity index (χ4n) is 3.61. The predicted molar refractivity (Wildman–Crippen MR) is 124 cm³/mol. The first-order valence-corrected chi connectivity index (χ1v) is 10.6. The van der Waals surface area contributed by atoms with E-state index in [1.54, 1.807) is 67.0 Å². The van der Waals surface area contributed by atoms with E-state index in [-0.39, 0.29) is 13.0 Å². The normalized spacial score (nSPS) is 15.6. The number of methoxy groups -OCH3 is 1. The molecule has 1 aromatic heterocycles. The molecule has 33 heavy (non-hydrogen) atoms. The molecule has 8 nitrogen and oxygen atoms in total. The van der Waals surface area contributed by atoms with Gasteiger partial charge in [-0.2, -0.15) is 0 Å². The number of nitrogens with zero attached hydrogens (tertiary/aromatic N) is 3. The molecule has 1 atom stereocenters. The van der Waals surface area contributed by atoms with Crippen LogP contribution in [-0.2, 0) is 16.1 Å². The van der Waals surface area contributed by atoms with Crippen molar-refractivity contribution in [3.05, 3.63) is 83.6 Å². The van der Waals surface area contributed by atoms with Crippen molar-refractivity contribution in [2.45, 2.75) is 19.0 Å². The van der Waals surface area contributed by atoms with Crippen LogP contribution in [0.1, 0.15) is 12.0 Å². The molecule has 1 saturated heterocycles. The highest BCUT2D eigenvalue weighted by Crippen LogP contribution is 2.30. The highest BCUT2D eigenvalue weighted by molar-refractivity contribution is 6.30. The molecular weight excluding hydrogens is 444 g/mol. The van der Waals surface area contributed by atoms with Crippen LogP contribution < -0.4 is 15.0 Å². The van der Waals surface area contributed by atoms with Gasteiger partial charge in [-0.25, -0.2) is 9.69 Å². The Kier molecular flexibility index (Phi) is 6.55. The fraction of sp³-hybridized carbons (Fsp3) is 0.167. The number of carbonyl (C=O) groups excluding carboxylic acids is 3. The van der Waals surface area contributed by atoms with Crippen LogP contribution in [0.5, 0.6) is 5.75 Å². The number of urea groups is 1. The molecule has 4 amide bonds. The van der Waals surface area contributed by atoms with Gasteiger partial charge >= 0.3 is 6.03 Å². The summed E-state index contributed by atoms with van der Waals surface area (Å²) in [4.78, 5) is 46.0. The van der Waals surface area contributed by atoms with E-state index in [4.69, 9.17) is 16.3 Å². The minimum Gasteiger partial charge on any atom is -0.497 e. The molecule has 9 heteroatoms. The van der Waals surface area contributed by atoms with E-state index < -0.39 is 23.9 Å². The quantitative estimate of drug-likeness (QED) is 0.531. The number of anilines is 2. The highest BCUT2D eigenvalue weighted by atomic mass is 35.5. The zero-order chi connectivity index (χ0) is 23.4. The Bertz CT molecular complexity index is 1170. The summed E-state index contributed by atoms with van der Waals surface area (Å²) in [6.07, 6.45) is 3.05. The van der Waals surface area contributed by atoms with Gasteiger partial charge in [-0.3, -0.25) is 14.6 Å². The van der Waals surface area contributed by atoms with E-state index in [0.717, 1.165) is 10.5 Å². The lowest BCUT2D eigenvalue weighted by molar-refractivity contribution is -0.124. The van der Waals surface area contributed by atoms with Gasteiger partial charge in [0.2, 0.25) is 5.91 Å². The van der Waals surface area contributed by atoms with E-state index in [1.807, 2.05) is 6.07 Å². The predicted octanol–water partition coefficient (Wildman–Crippen LogP) is 4.11. The smallest absolute Gasteiger partial charge is 0.332 e. The van der Waals surface area contributed by atoms with Crippen LogP contribution in [-0.4, -0.2) is 40.9 Å².